The van der Waals surface area contributed by atoms with Crippen LogP contribution in [0.1, 0.15) is 48.5 Å². The molecule has 0 N–H and O–H groups in total. The molecule has 53 heavy (non-hydrogen) atoms. The second-order valence-electron chi connectivity index (χ2n) is 15.7. The summed E-state index contributed by atoms with van der Waals surface area (Å²) >= 11 is -2.20. The number of aromatic nitrogens is 3. The van der Waals surface area contributed by atoms with Crippen molar-refractivity contribution in [2.75, 3.05) is 0 Å². The summed E-state index contributed by atoms with van der Waals surface area (Å²) in [4.78, 5) is 9.62. The van der Waals surface area contributed by atoms with Gasteiger partial charge in [0, 0.05) is 31.2 Å². The number of pyridine rings is 1. The van der Waals surface area contributed by atoms with Gasteiger partial charge >= 0.3 is 128 Å². The van der Waals surface area contributed by atoms with Gasteiger partial charge in [-0.05, 0) is 41.3 Å². The molecular weight excluding hydrogens is 887 g/mol. The molecule has 1 radical (unpaired) electrons. The predicted octanol–water partition coefficient (Wildman–Crippen LogP) is 12.0. The summed E-state index contributed by atoms with van der Waals surface area (Å²) in [6, 6.07) is 45.5. The molecule has 3 heterocycles. The van der Waals surface area contributed by atoms with Gasteiger partial charge in [-0.1, -0.05) is 74.2 Å². The molecule has 0 saturated carbocycles. The van der Waals surface area contributed by atoms with Crippen molar-refractivity contribution in [1.82, 2.24) is 14.5 Å². The van der Waals surface area contributed by atoms with Crippen LogP contribution in [0.2, 0.25) is 17.3 Å². The molecule has 0 aliphatic carbocycles. The number of imidazole rings is 1. The van der Waals surface area contributed by atoms with Crippen LogP contribution in [0.3, 0.4) is 0 Å². The van der Waals surface area contributed by atoms with E-state index in [-0.39, 0.29) is 31.4 Å². The standard InChI is InChI=1S/C29H23N2O.C18H24GeN.Ir/c1-29(2,3)19-15-17-20(18-16-19)31-25-13-6-5-12-24(25)30-28(31)23-11-8-10-22-21-9-4-7-14-26(21)32-27(22)23;1-14(2)11-16-12-18(15-9-7-6-8-10-15)20-13-17(16)19(3,4)5;/h4-10,12-18H,1-3H3;6-9,12-14H,11H2,1-5H3;/q2*-1;/i;11D2;. The second-order valence-corrected chi connectivity index (χ2v) is 26.3. The summed E-state index contributed by atoms with van der Waals surface area (Å²) in [5, 5.41) is 2.19. The van der Waals surface area contributed by atoms with Crippen molar-refractivity contribution < 1.29 is 27.3 Å². The van der Waals surface area contributed by atoms with E-state index in [4.69, 9.17) is 12.1 Å². The number of furan rings is 1. The predicted molar refractivity (Wildman–Crippen MR) is 221 cm³/mol. The first-order valence-electron chi connectivity index (χ1n) is 19.0. The minimum Gasteiger partial charge on any atom is 0 e. The maximum absolute atomic E-state index is 8.56. The molecule has 0 amide bonds. The second kappa shape index (κ2) is 15.6. The molecule has 0 aliphatic heterocycles. The molecular formula is C47H47GeIrN3O-2. The third-order valence-corrected chi connectivity index (χ3v) is 13.5. The molecule has 0 atom stereocenters. The van der Waals surface area contributed by atoms with E-state index in [1.54, 1.807) is 0 Å². The van der Waals surface area contributed by atoms with E-state index in [0.29, 0.717) is 0 Å². The van der Waals surface area contributed by atoms with Crippen LogP contribution in [0.5, 0.6) is 0 Å². The van der Waals surface area contributed by atoms with Gasteiger partial charge in [0.2, 0.25) is 0 Å². The van der Waals surface area contributed by atoms with Crippen LogP contribution in [0.15, 0.2) is 126 Å². The molecule has 0 spiro atoms. The Balaban J connectivity index is 0.000000198. The fraction of sp³-hybridized carbons (Fsp3) is 0.234. The van der Waals surface area contributed by atoms with Gasteiger partial charge in [-0.3, -0.25) is 4.98 Å². The summed E-state index contributed by atoms with van der Waals surface area (Å²) in [6.45, 7) is 10.6. The molecule has 0 saturated heterocycles. The van der Waals surface area contributed by atoms with Gasteiger partial charge in [-0.25, -0.2) is 0 Å². The van der Waals surface area contributed by atoms with E-state index in [2.05, 4.69) is 114 Å². The van der Waals surface area contributed by atoms with E-state index in [1.165, 1.54) is 5.56 Å². The Labute approximate surface area is 333 Å². The van der Waals surface area contributed by atoms with Crippen molar-refractivity contribution in [3.8, 4) is 28.3 Å². The van der Waals surface area contributed by atoms with E-state index < -0.39 is 19.6 Å². The normalized spacial score (nSPS) is 12.7. The van der Waals surface area contributed by atoms with Crippen LogP contribution >= 0.6 is 0 Å². The maximum atomic E-state index is 8.56. The minimum atomic E-state index is -2.20. The van der Waals surface area contributed by atoms with Gasteiger partial charge in [-0.2, -0.15) is 0 Å². The Bertz CT molecular complexity index is 2580. The zero-order valence-electron chi connectivity index (χ0n) is 33.7. The van der Waals surface area contributed by atoms with Crippen molar-refractivity contribution in [1.29, 1.82) is 0 Å². The van der Waals surface area contributed by atoms with Crippen LogP contribution in [0, 0.1) is 18.1 Å². The zero-order chi connectivity index (χ0) is 38.4. The molecule has 8 rings (SSSR count). The Morgan fingerprint density at radius 2 is 1.55 bits per heavy atom. The molecule has 5 aromatic carbocycles. The number of para-hydroxylation sites is 3. The van der Waals surface area contributed by atoms with Crippen LogP contribution in [-0.4, -0.2) is 27.8 Å². The number of hydrogen-bond donors (Lipinski definition) is 0. The fourth-order valence-corrected chi connectivity index (χ4v) is 9.55. The van der Waals surface area contributed by atoms with Crippen molar-refractivity contribution in [3.63, 3.8) is 0 Å². The van der Waals surface area contributed by atoms with Crippen molar-refractivity contribution in [2.45, 2.75) is 63.7 Å². The molecule has 4 nitrogen and oxygen atoms in total. The van der Waals surface area contributed by atoms with E-state index >= 15 is 0 Å². The zero-order valence-corrected chi connectivity index (χ0v) is 36.2. The fourth-order valence-electron chi connectivity index (χ4n) is 6.61. The third-order valence-electron chi connectivity index (χ3n) is 9.26. The van der Waals surface area contributed by atoms with Gasteiger partial charge in [0.1, 0.15) is 5.58 Å². The first kappa shape index (κ1) is 35.7. The number of nitrogens with zero attached hydrogens (tertiary/aromatic N) is 3. The van der Waals surface area contributed by atoms with Crippen LogP contribution in [-0.2, 0) is 31.9 Å². The average molecular weight is 937 g/mol. The summed E-state index contributed by atoms with van der Waals surface area (Å²) < 4.78 is 26.8. The van der Waals surface area contributed by atoms with Gasteiger partial charge in [0.15, 0.2) is 0 Å². The summed E-state index contributed by atoms with van der Waals surface area (Å²) in [5.41, 5.74) is 9.58. The number of hydrogen-bond acceptors (Lipinski definition) is 3. The summed E-state index contributed by atoms with van der Waals surface area (Å²) in [5.74, 6) is 7.60. The number of fused-ring (bicyclic) bond motifs is 4. The maximum Gasteiger partial charge on any atom is 0 e. The molecule has 0 unspecified atom stereocenters. The quantitative estimate of drug-likeness (QED) is 0.123. The molecule has 6 heteroatoms. The molecule has 3 aromatic heterocycles. The van der Waals surface area contributed by atoms with Gasteiger partial charge in [0.25, 0.3) is 0 Å². The molecule has 8 aromatic rings. The number of rotatable bonds is 6. The first-order valence-corrected chi connectivity index (χ1v) is 25.4. The summed E-state index contributed by atoms with van der Waals surface area (Å²) in [7, 11) is 0. The topological polar surface area (TPSA) is 43.9 Å². The average Bonchev–Trinajstić information content (AvgIpc) is 3.73. The smallest absolute Gasteiger partial charge is 0 e. The van der Waals surface area contributed by atoms with Crippen LogP contribution < -0.4 is 4.40 Å². The molecule has 0 fully saturated rings. The van der Waals surface area contributed by atoms with Crippen LogP contribution in [0.4, 0.5) is 0 Å². The molecule has 0 aliphatic rings. The van der Waals surface area contributed by atoms with Gasteiger partial charge < -0.3 is 8.98 Å². The van der Waals surface area contributed by atoms with E-state index in [9.17, 15) is 0 Å². The van der Waals surface area contributed by atoms with Crippen LogP contribution in [0.25, 0.3) is 61.3 Å². The third kappa shape index (κ3) is 8.13. The molecule has 271 valence electrons. The molecule has 0 bridgehead atoms. The van der Waals surface area contributed by atoms with Crippen molar-refractivity contribution in [2.24, 2.45) is 5.92 Å². The van der Waals surface area contributed by atoms with Crippen molar-refractivity contribution >= 4 is 50.6 Å². The Morgan fingerprint density at radius 1 is 0.830 bits per heavy atom. The Kier molecular flexibility index (Phi) is 10.5. The monoisotopic (exact) mass is 938 g/mol. The van der Waals surface area contributed by atoms with E-state index in [0.717, 1.165) is 71.3 Å². The Hall–Kier alpha value is -4.29. The minimum absolute atomic E-state index is 0. The van der Waals surface area contributed by atoms with Gasteiger partial charge in [0.05, 0.1) is 22.4 Å². The number of benzene rings is 5. The first-order chi connectivity index (χ1) is 25.6. The Morgan fingerprint density at radius 3 is 2.25 bits per heavy atom. The van der Waals surface area contributed by atoms with Gasteiger partial charge in [-0.15, -0.1) is 18.2 Å². The van der Waals surface area contributed by atoms with E-state index in [1.807, 2.05) is 80.7 Å². The summed E-state index contributed by atoms with van der Waals surface area (Å²) in [6.07, 6.45) is 0.562. The largest absolute Gasteiger partial charge is 0 e. The van der Waals surface area contributed by atoms with Crippen molar-refractivity contribution in [3.05, 3.63) is 145 Å². The SMILES string of the molecule is CC(C)(C)c1ccc(-n2c(-c3[c-]ccc4c3oc3ccccc34)nc3ccccc32)cc1.[2H]C([2H])(c1cc(-c2[c-]cccc2)nc[c]1[Ge]([CH3])([CH3])[CH3])C(C)C.[Ir].